The van der Waals surface area contributed by atoms with Crippen LogP contribution in [0.5, 0.6) is 0 Å². The summed E-state index contributed by atoms with van der Waals surface area (Å²) in [4.78, 5) is 13.5. The van der Waals surface area contributed by atoms with Gasteiger partial charge in [-0.15, -0.1) is 0 Å². The Morgan fingerprint density at radius 1 is 1.64 bits per heavy atom. The minimum Gasteiger partial charge on any atom is -0.393 e. The molecule has 4 nitrogen and oxygen atoms in total. The number of nitrogens with zero attached hydrogens (tertiary/aromatic N) is 1. The second kappa shape index (κ2) is 2.94. The summed E-state index contributed by atoms with van der Waals surface area (Å²) in [7, 11) is 0. The third-order valence-electron chi connectivity index (χ3n) is 3.24. The van der Waals surface area contributed by atoms with Crippen molar-refractivity contribution in [1.29, 1.82) is 0 Å². The van der Waals surface area contributed by atoms with Crippen LogP contribution in [-0.2, 0) is 9.53 Å². The van der Waals surface area contributed by atoms with Crippen LogP contribution < -0.4 is 0 Å². The van der Waals surface area contributed by atoms with Gasteiger partial charge in [0, 0.05) is 0 Å². The molecule has 1 N–H and O–H groups in total. The summed E-state index contributed by atoms with van der Waals surface area (Å²) in [5.41, 5.74) is -0.495. The molecule has 0 aliphatic carbocycles. The van der Waals surface area contributed by atoms with E-state index in [0.717, 1.165) is 6.42 Å². The van der Waals surface area contributed by atoms with Gasteiger partial charge in [-0.3, -0.25) is 4.79 Å². The first-order valence-electron chi connectivity index (χ1n) is 5.10. The van der Waals surface area contributed by atoms with Gasteiger partial charge in [0.2, 0.25) is 5.91 Å². The van der Waals surface area contributed by atoms with Crippen LogP contribution in [0.3, 0.4) is 0 Å². The number of aliphatic hydroxyl groups excluding tert-OH is 1. The van der Waals surface area contributed by atoms with Crippen molar-refractivity contribution < 1.29 is 14.6 Å². The predicted octanol–water partition coefficient (Wildman–Crippen LogP) is 0.351. The largest absolute Gasteiger partial charge is 0.393 e. The lowest BCUT2D eigenvalue weighted by Crippen LogP contribution is -2.73. The number of β-lactam (4-membered cyclic amide) rings is 1. The maximum absolute atomic E-state index is 11.7. The normalized spacial score (nSPS) is 37.4. The molecule has 0 unspecified atom stereocenters. The number of ether oxygens (including phenoxy) is 1. The van der Waals surface area contributed by atoms with Gasteiger partial charge in [-0.05, 0) is 27.2 Å². The molecule has 0 aromatic carbocycles. The van der Waals surface area contributed by atoms with Crippen LogP contribution in [0.15, 0.2) is 0 Å². The molecular weight excluding hydrogens is 182 g/mol. The Bertz CT molecular complexity index is 262. The Hall–Kier alpha value is -0.610. The van der Waals surface area contributed by atoms with Crippen molar-refractivity contribution in [1.82, 2.24) is 4.90 Å². The third kappa shape index (κ3) is 1.17. The second-order valence-corrected chi connectivity index (χ2v) is 4.63. The lowest BCUT2D eigenvalue weighted by atomic mass is 9.79. The summed E-state index contributed by atoms with van der Waals surface area (Å²) in [6, 6.07) is 0.172. The molecule has 0 saturated carbocycles. The molecule has 1 amide bonds. The molecule has 0 radical (unpaired) electrons. The number of rotatable bonds is 1. The zero-order valence-corrected chi connectivity index (χ0v) is 8.86. The molecular formula is C10H17NO3. The molecule has 2 aliphatic heterocycles. The van der Waals surface area contributed by atoms with Gasteiger partial charge in [-0.25, -0.2) is 0 Å². The van der Waals surface area contributed by atoms with E-state index in [1.54, 1.807) is 11.8 Å². The van der Waals surface area contributed by atoms with E-state index in [1.807, 2.05) is 13.8 Å². The minimum atomic E-state index is -0.544. The number of amides is 1. The maximum Gasteiger partial charge on any atom is 0.232 e. The standard InChI is InChI=1S/C10H17NO3/c1-6(12)8-7-4-5-14-10(2,3)11(7)9(8)13/h6-8,12H,4-5H2,1-3H3/t6-,7-,8+/m1/s1. The fraction of sp³-hybridized carbons (Fsp3) is 0.900. The molecule has 2 saturated heterocycles. The summed E-state index contributed by atoms with van der Waals surface area (Å²) in [6.07, 6.45) is 0.294. The molecule has 0 bridgehead atoms. The van der Waals surface area contributed by atoms with Crippen molar-refractivity contribution in [3.05, 3.63) is 0 Å². The van der Waals surface area contributed by atoms with E-state index in [1.165, 1.54) is 0 Å². The van der Waals surface area contributed by atoms with Crippen LogP contribution in [-0.4, -0.2) is 40.4 Å². The minimum absolute atomic E-state index is 0.0229. The zero-order valence-electron chi connectivity index (χ0n) is 8.86. The first-order valence-corrected chi connectivity index (χ1v) is 5.10. The molecule has 2 heterocycles. The quantitative estimate of drug-likeness (QED) is 0.620. The zero-order chi connectivity index (χ0) is 10.5. The number of carbonyl (C=O) groups excluding carboxylic acids is 1. The van der Waals surface area contributed by atoms with E-state index >= 15 is 0 Å². The second-order valence-electron chi connectivity index (χ2n) is 4.63. The van der Waals surface area contributed by atoms with Crippen molar-refractivity contribution in [2.24, 2.45) is 5.92 Å². The molecule has 80 valence electrons. The number of aliphatic hydroxyl groups is 1. The summed E-state index contributed by atoms with van der Waals surface area (Å²) < 4.78 is 5.52. The monoisotopic (exact) mass is 199 g/mol. The fourth-order valence-corrected chi connectivity index (χ4v) is 2.57. The van der Waals surface area contributed by atoms with Crippen molar-refractivity contribution in [2.45, 2.75) is 45.1 Å². The number of fused-ring (bicyclic) bond motifs is 1. The molecule has 3 atom stereocenters. The van der Waals surface area contributed by atoms with Crippen LogP contribution in [0.4, 0.5) is 0 Å². The van der Waals surface area contributed by atoms with Gasteiger partial charge in [-0.1, -0.05) is 0 Å². The van der Waals surface area contributed by atoms with Crippen LogP contribution in [0.1, 0.15) is 27.2 Å². The molecule has 2 aliphatic rings. The Morgan fingerprint density at radius 2 is 2.29 bits per heavy atom. The highest BCUT2D eigenvalue weighted by Crippen LogP contribution is 2.41. The highest BCUT2D eigenvalue weighted by molar-refractivity contribution is 5.87. The first kappa shape index (κ1) is 9.93. The van der Waals surface area contributed by atoms with E-state index in [4.69, 9.17) is 4.74 Å². The van der Waals surface area contributed by atoms with Crippen LogP contribution in [0.2, 0.25) is 0 Å². The van der Waals surface area contributed by atoms with Crippen LogP contribution in [0, 0.1) is 5.92 Å². The van der Waals surface area contributed by atoms with Gasteiger partial charge >= 0.3 is 0 Å². The smallest absolute Gasteiger partial charge is 0.232 e. The van der Waals surface area contributed by atoms with E-state index in [2.05, 4.69) is 0 Å². The lowest BCUT2D eigenvalue weighted by Gasteiger charge is -2.58. The number of hydrogen-bond donors (Lipinski definition) is 1. The molecule has 0 aromatic rings. The maximum atomic E-state index is 11.7. The highest BCUT2D eigenvalue weighted by Gasteiger charge is 2.56. The molecule has 0 aromatic heterocycles. The molecule has 4 heteroatoms. The summed E-state index contributed by atoms with van der Waals surface area (Å²) in [6.45, 7) is 6.15. The van der Waals surface area contributed by atoms with Crippen LogP contribution in [0.25, 0.3) is 0 Å². The van der Waals surface area contributed by atoms with Crippen LogP contribution >= 0.6 is 0 Å². The van der Waals surface area contributed by atoms with E-state index in [0.29, 0.717) is 6.61 Å². The molecule has 2 rings (SSSR count). The van der Waals surface area contributed by atoms with Gasteiger partial charge < -0.3 is 14.7 Å². The topological polar surface area (TPSA) is 49.8 Å². The SMILES string of the molecule is C[C@@H](O)[C@@H]1C(=O)N2[C@@H]1CCOC2(C)C. The average Bonchev–Trinajstić information content (AvgIpc) is 1.99. The van der Waals surface area contributed by atoms with E-state index in [-0.39, 0.29) is 17.9 Å². The Morgan fingerprint density at radius 3 is 2.86 bits per heavy atom. The summed E-state index contributed by atoms with van der Waals surface area (Å²) in [5, 5.41) is 9.46. The van der Waals surface area contributed by atoms with Crippen molar-refractivity contribution >= 4 is 5.91 Å². The number of carbonyl (C=O) groups is 1. The molecule has 2 fully saturated rings. The van der Waals surface area contributed by atoms with Crippen molar-refractivity contribution in [3.8, 4) is 0 Å². The lowest BCUT2D eigenvalue weighted by molar-refractivity contribution is -0.240. The van der Waals surface area contributed by atoms with E-state index in [9.17, 15) is 9.90 Å². The summed E-state index contributed by atoms with van der Waals surface area (Å²) in [5.74, 6) is -0.187. The van der Waals surface area contributed by atoms with Gasteiger partial charge in [0.15, 0.2) is 0 Å². The average molecular weight is 199 g/mol. The predicted molar refractivity (Wildman–Crippen MR) is 50.5 cm³/mol. The van der Waals surface area contributed by atoms with E-state index < -0.39 is 11.8 Å². The Balaban J connectivity index is 2.17. The van der Waals surface area contributed by atoms with Gasteiger partial charge in [0.05, 0.1) is 24.7 Å². The number of hydrogen-bond acceptors (Lipinski definition) is 3. The van der Waals surface area contributed by atoms with Crippen molar-refractivity contribution in [2.75, 3.05) is 6.61 Å². The highest BCUT2D eigenvalue weighted by atomic mass is 16.5. The molecule has 0 spiro atoms. The summed E-state index contributed by atoms with van der Waals surface area (Å²) >= 11 is 0. The third-order valence-corrected chi connectivity index (χ3v) is 3.24. The Labute approximate surface area is 83.8 Å². The van der Waals surface area contributed by atoms with Gasteiger partial charge in [0.1, 0.15) is 5.72 Å². The van der Waals surface area contributed by atoms with Crippen molar-refractivity contribution in [3.63, 3.8) is 0 Å². The first-order chi connectivity index (χ1) is 6.45. The fourth-order valence-electron chi connectivity index (χ4n) is 2.57. The van der Waals surface area contributed by atoms with Gasteiger partial charge in [0.25, 0.3) is 0 Å². The molecule has 14 heavy (non-hydrogen) atoms. The van der Waals surface area contributed by atoms with Gasteiger partial charge in [-0.2, -0.15) is 0 Å². The Kier molecular flexibility index (Phi) is 2.08.